The van der Waals surface area contributed by atoms with Crippen molar-refractivity contribution in [2.24, 2.45) is 12.2 Å². The molecule has 0 aliphatic carbocycles. The molecule has 2 aromatic carbocycles. The van der Waals surface area contributed by atoms with Crippen LogP contribution >= 0.6 is 11.6 Å². The van der Waals surface area contributed by atoms with Gasteiger partial charge in [0.1, 0.15) is 11.8 Å². The summed E-state index contributed by atoms with van der Waals surface area (Å²) in [5.74, 6) is -0.286. The number of nitrogens with zero attached hydrogens (tertiary/aromatic N) is 3. The molecule has 1 amide bonds. The summed E-state index contributed by atoms with van der Waals surface area (Å²) < 4.78 is 1.49. The number of aryl methyl sites for hydroxylation is 2. The molecule has 3 rings (SSSR count). The Kier molecular flexibility index (Phi) is 6.90. The first-order valence-electron chi connectivity index (χ1n) is 9.79. The molecule has 1 aromatic heterocycles. The second kappa shape index (κ2) is 9.59. The molecule has 0 bridgehead atoms. The number of hydrogen-bond acceptors (Lipinski definition) is 4. The second-order valence-corrected chi connectivity index (χ2v) is 7.32. The third-order valence-corrected chi connectivity index (χ3v) is 5.10. The summed E-state index contributed by atoms with van der Waals surface area (Å²) >= 11 is 6.24. The summed E-state index contributed by atoms with van der Waals surface area (Å²) in [7, 11) is 1.71. The number of carbonyl (C=O) groups excluding carboxylic acids is 1. The van der Waals surface area contributed by atoms with Crippen LogP contribution in [0.15, 0.2) is 53.7 Å². The summed E-state index contributed by atoms with van der Waals surface area (Å²) in [5, 5.41) is 11.6. The van der Waals surface area contributed by atoms with Crippen molar-refractivity contribution in [3.8, 4) is 11.1 Å². The van der Waals surface area contributed by atoms with Gasteiger partial charge in [-0.3, -0.25) is 9.48 Å². The maximum absolute atomic E-state index is 12.8. The van der Waals surface area contributed by atoms with Crippen LogP contribution in [0.2, 0.25) is 5.15 Å². The number of para-hydroxylation sites is 1. The third kappa shape index (κ3) is 4.71. The van der Waals surface area contributed by atoms with Crippen LogP contribution in [-0.2, 0) is 11.9 Å². The van der Waals surface area contributed by atoms with Gasteiger partial charge in [-0.15, -0.1) is 0 Å². The lowest BCUT2D eigenvalue weighted by atomic mass is 10.0. The molecule has 7 heteroatoms. The van der Waals surface area contributed by atoms with Gasteiger partial charge in [-0.05, 0) is 37.5 Å². The van der Waals surface area contributed by atoms with Gasteiger partial charge in [0.25, 0.3) is 5.91 Å². The molecule has 6 nitrogen and oxygen atoms in total. The molecular weight excluding hydrogens is 400 g/mol. The zero-order valence-corrected chi connectivity index (χ0v) is 18.3. The fourth-order valence-corrected chi connectivity index (χ4v) is 3.35. The zero-order chi connectivity index (χ0) is 21.7. The number of oxime groups is 1. The van der Waals surface area contributed by atoms with Gasteiger partial charge in [-0.25, -0.2) is 0 Å². The lowest BCUT2D eigenvalue weighted by Crippen LogP contribution is -2.13. The number of carbonyl (C=O) groups is 1. The summed E-state index contributed by atoms with van der Waals surface area (Å²) in [6.45, 7) is 6.32. The van der Waals surface area contributed by atoms with Crippen LogP contribution in [0, 0.1) is 6.92 Å². The second-order valence-electron chi connectivity index (χ2n) is 6.96. The van der Waals surface area contributed by atoms with E-state index < -0.39 is 0 Å². The van der Waals surface area contributed by atoms with E-state index in [0.29, 0.717) is 28.7 Å². The van der Waals surface area contributed by atoms with Crippen molar-refractivity contribution < 1.29 is 9.63 Å². The Balaban J connectivity index is 1.85. The highest BCUT2D eigenvalue weighted by atomic mass is 35.5. The molecule has 0 spiro atoms. The summed E-state index contributed by atoms with van der Waals surface area (Å²) in [4.78, 5) is 18.1. The zero-order valence-electron chi connectivity index (χ0n) is 17.6. The quantitative estimate of drug-likeness (QED) is 0.311. The number of nitrogens with one attached hydrogen (secondary N) is 1. The van der Waals surface area contributed by atoms with Crippen molar-refractivity contribution in [3.05, 3.63) is 70.5 Å². The maximum atomic E-state index is 12.8. The molecule has 0 unspecified atom stereocenters. The summed E-state index contributed by atoms with van der Waals surface area (Å²) in [6.07, 6.45) is 0.919. The minimum absolute atomic E-state index is 0.286. The lowest BCUT2D eigenvalue weighted by Gasteiger charge is -2.12. The molecule has 0 radical (unpaired) electrons. The van der Waals surface area contributed by atoms with E-state index in [0.717, 1.165) is 28.8 Å². The standard InChI is InChI=1S/C23H25ClN4O2/c1-5-14-30-27-15(2)17-10-12-18(13-11-17)19-8-6-7-9-20(19)25-23(29)21-16(3)26-28(4)22(21)24/h6-13H,5,14H2,1-4H3,(H,25,29). The van der Waals surface area contributed by atoms with E-state index >= 15 is 0 Å². The van der Waals surface area contributed by atoms with Crippen molar-refractivity contribution in [3.63, 3.8) is 0 Å². The van der Waals surface area contributed by atoms with E-state index in [2.05, 4.69) is 15.6 Å². The van der Waals surface area contributed by atoms with Crippen LogP contribution < -0.4 is 5.32 Å². The van der Waals surface area contributed by atoms with Crippen LogP contribution in [0.4, 0.5) is 5.69 Å². The SMILES string of the molecule is CCCON=C(C)c1ccc(-c2ccccc2NC(=O)c2c(C)nn(C)c2Cl)cc1. The predicted molar refractivity (Wildman–Crippen MR) is 121 cm³/mol. The molecule has 0 saturated heterocycles. The first kappa shape index (κ1) is 21.6. The van der Waals surface area contributed by atoms with E-state index in [1.165, 1.54) is 4.68 Å². The topological polar surface area (TPSA) is 68.5 Å². The molecule has 30 heavy (non-hydrogen) atoms. The Morgan fingerprint density at radius 3 is 2.53 bits per heavy atom. The Hall–Kier alpha value is -3.12. The van der Waals surface area contributed by atoms with Gasteiger partial charge in [0, 0.05) is 18.3 Å². The van der Waals surface area contributed by atoms with Crippen molar-refractivity contribution in [1.82, 2.24) is 9.78 Å². The van der Waals surface area contributed by atoms with Crippen LogP contribution in [-0.4, -0.2) is 28.0 Å². The first-order valence-corrected chi connectivity index (χ1v) is 10.2. The molecule has 0 aliphatic heterocycles. The summed E-state index contributed by atoms with van der Waals surface area (Å²) in [6, 6.07) is 15.6. The fraction of sp³-hybridized carbons (Fsp3) is 0.261. The molecule has 3 aromatic rings. The first-order chi connectivity index (χ1) is 14.4. The van der Waals surface area contributed by atoms with E-state index in [9.17, 15) is 4.79 Å². The highest BCUT2D eigenvalue weighted by Gasteiger charge is 2.20. The van der Waals surface area contributed by atoms with Gasteiger partial charge in [0.2, 0.25) is 0 Å². The smallest absolute Gasteiger partial charge is 0.260 e. The fourth-order valence-electron chi connectivity index (χ4n) is 3.09. The van der Waals surface area contributed by atoms with E-state index in [-0.39, 0.29) is 5.91 Å². The average Bonchev–Trinajstić information content (AvgIpc) is 3.00. The number of aromatic nitrogens is 2. The van der Waals surface area contributed by atoms with Gasteiger partial charge in [0.05, 0.1) is 17.0 Å². The number of benzene rings is 2. The van der Waals surface area contributed by atoms with Crippen LogP contribution in [0.3, 0.4) is 0 Å². The highest BCUT2D eigenvalue weighted by molar-refractivity contribution is 6.33. The van der Waals surface area contributed by atoms with E-state index in [1.807, 2.05) is 62.4 Å². The summed E-state index contributed by atoms with van der Waals surface area (Å²) in [5.41, 5.74) is 5.35. The predicted octanol–water partition coefficient (Wildman–Crippen LogP) is 5.45. The van der Waals surface area contributed by atoms with Crippen molar-refractivity contribution >= 4 is 28.9 Å². The molecule has 0 atom stereocenters. The van der Waals surface area contributed by atoms with Gasteiger partial charge >= 0.3 is 0 Å². The average molecular weight is 425 g/mol. The molecule has 0 fully saturated rings. The van der Waals surface area contributed by atoms with Gasteiger partial charge in [-0.2, -0.15) is 5.10 Å². The molecule has 0 aliphatic rings. The number of anilines is 1. The minimum Gasteiger partial charge on any atom is -0.396 e. The number of amides is 1. The van der Waals surface area contributed by atoms with E-state index in [1.54, 1.807) is 14.0 Å². The van der Waals surface area contributed by atoms with Crippen molar-refractivity contribution in [2.75, 3.05) is 11.9 Å². The molecule has 156 valence electrons. The van der Waals surface area contributed by atoms with Gasteiger partial charge in [-0.1, -0.05) is 66.1 Å². The van der Waals surface area contributed by atoms with E-state index in [4.69, 9.17) is 16.4 Å². The Bertz CT molecular complexity index is 1070. The maximum Gasteiger partial charge on any atom is 0.260 e. The normalized spacial score (nSPS) is 11.4. The Morgan fingerprint density at radius 1 is 1.20 bits per heavy atom. The lowest BCUT2D eigenvalue weighted by molar-refractivity contribution is 0.102. The Morgan fingerprint density at radius 2 is 1.90 bits per heavy atom. The minimum atomic E-state index is -0.286. The molecule has 1 heterocycles. The molecule has 0 saturated carbocycles. The van der Waals surface area contributed by atoms with Gasteiger partial charge in [0.15, 0.2) is 0 Å². The molecular formula is C23H25ClN4O2. The molecule has 1 N–H and O–H groups in total. The van der Waals surface area contributed by atoms with Gasteiger partial charge < -0.3 is 10.2 Å². The number of hydrogen-bond donors (Lipinski definition) is 1. The largest absolute Gasteiger partial charge is 0.396 e. The van der Waals surface area contributed by atoms with Crippen molar-refractivity contribution in [2.45, 2.75) is 27.2 Å². The highest BCUT2D eigenvalue weighted by Crippen LogP contribution is 2.29. The van der Waals surface area contributed by atoms with Crippen molar-refractivity contribution in [1.29, 1.82) is 0 Å². The number of rotatable bonds is 7. The monoisotopic (exact) mass is 424 g/mol. The van der Waals surface area contributed by atoms with Crippen LogP contribution in [0.5, 0.6) is 0 Å². The van der Waals surface area contributed by atoms with Crippen LogP contribution in [0.1, 0.15) is 41.9 Å². The third-order valence-electron chi connectivity index (χ3n) is 4.67. The number of halogens is 1. The Labute approximate surface area is 181 Å². The van der Waals surface area contributed by atoms with Crippen LogP contribution in [0.25, 0.3) is 11.1 Å².